The molecule has 7 nitrogen and oxygen atoms in total. The number of esters is 2. The van der Waals surface area contributed by atoms with Crippen molar-refractivity contribution < 1.29 is 28.2 Å². The second-order valence-electron chi connectivity index (χ2n) is 10.4. The van der Waals surface area contributed by atoms with Gasteiger partial charge < -0.3 is 23.9 Å². The summed E-state index contributed by atoms with van der Waals surface area (Å²) < 4.78 is 22.1. The van der Waals surface area contributed by atoms with Gasteiger partial charge in [-0.3, -0.25) is 0 Å². The predicted molar refractivity (Wildman–Crippen MR) is 154 cm³/mol. The Bertz CT molecular complexity index is 1600. The highest BCUT2D eigenvalue weighted by molar-refractivity contribution is 5.92. The van der Waals surface area contributed by atoms with Crippen LogP contribution in [0.15, 0.2) is 83.7 Å². The van der Waals surface area contributed by atoms with Crippen LogP contribution in [0.25, 0.3) is 16.7 Å². The monoisotopic (exact) mass is 537 g/mol. The first kappa shape index (κ1) is 26.8. The standard InChI is InChI=1S/C33H31NO6/c1-20-6-8-22(9-7-20)31(35)39-19-27-25(12-13-28-30(27)21(2)17-33(3,4)34-28)26-11-10-24(16-29(26)37-5)40-32(36)23-14-15-38-18-23/h6-18,34H,19H2,1-5H3. The number of benzene rings is 3. The summed E-state index contributed by atoms with van der Waals surface area (Å²) in [6.07, 6.45) is 4.91. The molecule has 0 unspecified atom stereocenters. The van der Waals surface area contributed by atoms with Gasteiger partial charge in [0, 0.05) is 28.4 Å². The molecule has 0 saturated heterocycles. The van der Waals surface area contributed by atoms with E-state index < -0.39 is 11.9 Å². The van der Waals surface area contributed by atoms with Gasteiger partial charge in [0.1, 0.15) is 24.4 Å². The highest BCUT2D eigenvalue weighted by atomic mass is 16.5. The predicted octanol–water partition coefficient (Wildman–Crippen LogP) is 7.45. The molecule has 1 aliphatic heterocycles. The van der Waals surface area contributed by atoms with Crippen molar-refractivity contribution in [2.75, 3.05) is 12.4 Å². The number of ether oxygens (including phenoxy) is 3. The number of fused-ring (bicyclic) bond motifs is 1. The molecule has 0 amide bonds. The maximum Gasteiger partial charge on any atom is 0.346 e. The van der Waals surface area contributed by atoms with E-state index in [1.54, 1.807) is 31.4 Å². The van der Waals surface area contributed by atoms with Gasteiger partial charge in [-0.1, -0.05) is 29.8 Å². The SMILES string of the molecule is COc1cc(OC(=O)c2ccoc2)ccc1-c1ccc2c(c1COC(=O)c1ccc(C)cc1)C(C)=CC(C)(C)N2. The van der Waals surface area contributed by atoms with Crippen molar-refractivity contribution in [1.29, 1.82) is 0 Å². The number of methoxy groups -OCH3 is 1. The van der Waals surface area contributed by atoms with E-state index in [0.717, 1.165) is 39.1 Å². The fourth-order valence-corrected chi connectivity index (χ4v) is 5.02. The molecule has 0 spiro atoms. The van der Waals surface area contributed by atoms with E-state index in [9.17, 15) is 9.59 Å². The van der Waals surface area contributed by atoms with Gasteiger partial charge in [0.2, 0.25) is 0 Å². The molecule has 0 fully saturated rings. The Kier molecular flexibility index (Phi) is 7.22. The number of hydrogen-bond donors (Lipinski definition) is 1. The van der Waals surface area contributed by atoms with Gasteiger partial charge in [-0.05, 0) is 75.2 Å². The van der Waals surface area contributed by atoms with E-state index in [0.29, 0.717) is 22.6 Å². The number of hydrogen-bond acceptors (Lipinski definition) is 7. The number of carbonyl (C=O) groups is 2. The van der Waals surface area contributed by atoms with Crippen molar-refractivity contribution >= 4 is 23.2 Å². The molecule has 7 heteroatoms. The fraction of sp³-hybridized carbons (Fsp3) is 0.212. The van der Waals surface area contributed by atoms with E-state index in [-0.39, 0.29) is 12.1 Å². The number of furan rings is 1. The van der Waals surface area contributed by atoms with Crippen molar-refractivity contribution in [1.82, 2.24) is 0 Å². The molecular weight excluding hydrogens is 506 g/mol. The Labute approximate surface area is 233 Å². The van der Waals surface area contributed by atoms with Crippen LogP contribution in [0.1, 0.15) is 58.2 Å². The first-order valence-corrected chi connectivity index (χ1v) is 13.0. The molecule has 0 atom stereocenters. The zero-order valence-corrected chi connectivity index (χ0v) is 23.2. The second-order valence-corrected chi connectivity index (χ2v) is 10.4. The molecule has 0 bridgehead atoms. The van der Waals surface area contributed by atoms with Crippen LogP contribution in [-0.4, -0.2) is 24.6 Å². The van der Waals surface area contributed by atoms with E-state index in [4.69, 9.17) is 18.6 Å². The zero-order chi connectivity index (χ0) is 28.4. The molecule has 1 aliphatic rings. The lowest BCUT2D eigenvalue weighted by atomic mass is 9.85. The van der Waals surface area contributed by atoms with Gasteiger partial charge in [-0.2, -0.15) is 0 Å². The van der Waals surface area contributed by atoms with Crippen LogP contribution < -0.4 is 14.8 Å². The van der Waals surface area contributed by atoms with Gasteiger partial charge in [-0.15, -0.1) is 0 Å². The molecule has 204 valence electrons. The first-order valence-electron chi connectivity index (χ1n) is 13.0. The Balaban J connectivity index is 1.54. The Morgan fingerprint density at radius 3 is 2.35 bits per heavy atom. The minimum atomic E-state index is -0.532. The quantitative estimate of drug-likeness (QED) is 0.194. The molecule has 4 aromatic rings. The maximum atomic E-state index is 13.0. The van der Waals surface area contributed by atoms with Crippen molar-refractivity contribution in [2.45, 2.75) is 39.8 Å². The number of allylic oxidation sites excluding steroid dienone is 1. The second kappa shape index (κ2) is 10.8. The third kappa shape index (κ3) is 5.50. The topological polar surface area (TPSA) is 87.0 Å². The van der Waals surface area contributed by atoms with E-state index in [1.807, 2.05) is 37.3 Å². The van der Waals surface area contributed by atoms with Crippen LogP contribution in [0.5, 0.6) is 11.5 Å². The summed E-state index contributed by atoms with van der Waals surface area (Å²) in [5.41, 5.74) is 7.11. The molecule has 1 aromatic heterocycles. The third-order valence-corrected chi connectivity index (χ3v) is 6.81. The number of rotatable bonds is 7. The smallest absolute Gasteiger partial charge is 0.346 e. The van der Waals surface area contributed by atoms with Gasteiger partial charge in [-0.25, -0.2) is 9.59 Å². The molecule has 2 heterocycles. The fourth-order valence-electron chi connectivity index (χ4n) is 5.02. The number of carbonyl (C=O) groups excluding carboxylic acids is 2. The van der Waals surface area contributed by atoms with Crippen LogP contribution >= 0.6 is 0 Å². The molecule has 1 N–H and O–H groups in total. The minimum absolute atomic E-state index is 0.0545. The Hall–Kier alpha value is -4.78. The minimum Gasteiger partial charge on any atom is -0.496 e. The summed E-state index contributed by atoms with van der Waals surface area (Å²) in [5.74, 6) is -0.0934. The van der Waals surface area contributed by atoms with Crippen molar-refractivity contribution in [3.63, 3.8) is 0 Å². The molecule has 0 saturated carbocycles. The maximum absolute atomic E-state index is 13.0. The van der Waals surface area contributed by atoms with E-state index in [1.165, 1.54) is 18.6 Å². The van der Waals surface area contributed by atoms with Gasteiger partial charge >= 0.3 is 11.9 Å². The largest absolute Gasteiger partial charge is 0.496 e. The lowest BCUT2D eigenvalue weighted by Gasteiger charge is -2.33. The zero-order valence-electron chi connectivity index (χ0n) is 23.2. The van der Waals surface area contributed by atoms with E-state index in [2.05, 4.69) is 32.2 Å². The van der Waals surface area contributed by atoms with Crippen molar-refractivity contribution in [3.8, 4) is 22.6 Å². The summed E-state index contributed by atoms with van der Waals surface area (Å²) in [4.78, 5) is 25.4. The lowest BCUT2D eigenvalue weighted by Crippen LogP contribution is -2.32. The average Bonchev–Trinajstić information content (AvgIpc) is 3.46. The lowest BCUT2D eigenvalue weighted by molar-refractivity contribution is 0.0473. The normalized spacial score (nSPS) is 13.5. The first-order chi connectivity index (χ1) is 19.1. The summed E-state index contributed by atoms with van der Waals surface area (Å²) >= 11 is 0. The van der Waals surface area contributed by atoms with E-state index >= 15 is 0 Å². The van der Waals surface area contributed by atoms with Crippen LogP contribution in [0.2, 0.25) is 0 Å². The molecule has 0 aliphatic carbocycles. The molecule has 0 radical (unpaired) electrons. The third-order valence-electron chi connectivity index (χ3n) is 6.81. The molecule has 40 heavy (non-hydrogen) atoms. The highest BCUT2D eigenvalue weighted by Crippen LogP contribution is 2.43. The Morgan fingerprint density at radius 2 is 1.65 bits per heavy atom. The summed E-state index contributed by atoms with van der Waals surface area (Å²) in [6.45, 7) is 8.30. The summed E-state index contributed by atoms with van der Waals surface area (Å²) in [7, 11) is 1.56. The van der Waals surface area contributed by atoms with Crippen LogP contribution in [-0.2, 0) is 11.3 Å². The average molecular weight is 538 g/mol. The van der Waals surface area contributed by atoms with Crippen LogP contribution in [0, 0.1) is 6.92 Å². The van der Waals surface area contributed by atoms with Gasteiger partial charge in [0.05, 0.1) is 30.0 Å². The molecular formula is C33H31NO6. The van der Waals surface area contributed by atoms with Crippen molar-refractivity contribution in [2.24, 2.45) is 0 Å². The Morgan fingerprint density at radius 1 is 0.900 bits per heavy atom. The molecule has 3 aromatic carbocycles. The highest BCUT2D eigenvalue weighted by Gasteiger charge is 2.27. The summed E-state index contributed by atoms with van der Waals surface area (Å²) in [6, 6.07) is 18.1. The molecule has 5 rings (SSSR count). The van der Waals surface area contributed by atoms with Crippen LogP contribution in [0.3, 0.4) is 0 Å². The number of aryl methyl sites for hydroxylation is 1. The van der Waals surface area contributed by atoms with Gasteiger partial charge in [0.15, 0.2) is 0 Å². The van der Waals surface area contributed by atoms with Crippen LogP contribution in [0.4, 0.5) is 5.69 Å². The number of anilines is 1. The van der Waals surface area contributed by atoms with Gasteiger partial charge in [0.25, 0.3) is 0 Å². The number of nitrogens with one attached hydrogen (secondary N) is 1. The van der Waals surface area contributed by atoms with Crippen molar-refractivity contribution in [3.05, 3.63) is 107 Å². The summed E-state index contributed by atoms with van der Waals surface area (Å²) in [5, 5.41) is 3.57.